The number of nitrogens with zero attached hydrogens (tertiary/aromatic N) is 2. The van der Waals surface area contributed by atoms with Gasteiger partial charge in [0, 0.05) is 11.5 Å². The zero-order chi connectivity index (χ0) is 12.5. The van der Waals surface area contributed by atoms with Gasteiger partial charge in [0.15, 0.2) is 5.69 Å². The van der Waals surface area contributed by atoms with Crippen molar-refractivity contribution in [2.24, 2.45) is 4.36 Å². The largest absolute Gasteiger partial charge is 0.496 e. The molecule has 92 valence electrons. The summed E-state index contributed by atoms with van der Waals surface area (Å²) in [4.78, 5) is 10.3. The first-order chi connectivity index (χ1) is 8.04. The molecule has 1 saturated heterocycles. The smallest absolute Gasteiger partial charge is 0.299 e. The van der Waals surface area contributed by atoms with Gasteiger partial charge in [-0.2, -0.15) is 4.36 Å². The van der Waals surface area contributed by atoms with Crippen molar-refractivity contribution in [3.63, 3.8) is 0 Å². The average molecular weight is 256 g/mol. The van der Waals surface area contributed by atoms with Crippen molar-refractivity contribution in [3.05, 3.63) is 28.3 Å². The second-order valence-corrected chi connectivity index (χ2v) is 6.28. The number of ether oxygens (including phenoxy) is 1. The van der Waals surface area contributed by atoms with Crippen LogP contribution in [0.25, 0.3) is 0 Å². The Kier molecular flexibility index (Phi) is 3.01. The molecular weight excluding hydrogens is 244 g/mol. The van der Waals surface area contributed by atoms with Crippen LogP contribution in [0.4, 0.5) is 11.4 Å². The summed E-state index contributed by atoms with van der Waals surface area (Å²) in [6.07, 6.45) is 0.867. The molecule has 0 atom stereocenters. The van der Waals surface area contributed by atoms with Gasteiger partial charge in [0.2, 0.25) is 0 Å². The van der Waals surface area contributed by atoms with Crippen molar-refractivity contribution in [2.75, 3.05) is 18.6 Å². The van der Waals surface area contributed by atoms with E-state index in [1.54, 1.807) is 6.07 Å². The van der Waals surface area contributed by atoms with Crippen molar-refractivity contribution in [1.29, 1.82) is 0 Å². The SMILES string of the molecule is COc1ccc(N=S2(=O)CCC2)c([N+](=O)[O-])c1. The molecule has 0 N–H and O–H groups in total. The summed E-state index contributed by atoms with van der Waals surface area (Å²) in [5.74, 6) is 1.44. The minimum absolute atomic E-state index is 0.167. The molecule has 1 aromatic rings. The number of nitro benzene ring substituents is 1. The number of benzene rings is 1. The Hall–Kier alpha value is -1.63. The highest BCUT2D eigenvalue weighted by Gasteiger charge is 2.22. The van der Waals surface area contributed by atoms with Gasteiger partial charge in [-0.25, -0.2) is 4.21 Å². The topological polar surface area (TPSA) is 81.8 Å². The minimum atomic E-state index is -2.24. The predicted octanol–water partition coefficient (Wildman–Crippen LogP) is 2.11. The second kappa shape index (κ2) is 4.33. The Morgan fingerprint density at radius 1 is 1.47 bits per heavy atom. The summed E-state index contributed by atoms with van der Waals surface area (Å²) in [7, 11) is -0.805. The third-order valence-electron chi connectivity index (χ3n) is 2.57. The van der Waals surface area contributed by atoms with Gasteiger partial charge in [-0.1, -0.05) is 0 Å². The van der Waals surface area contributed by atoms with Crippen LogP contribution < -0.4 is 4.74 Å². The van der Waals surface area contributed by atoms with Crippen molar-refractivity contribution in [1.82, 2.24) is 0 Å². The van der Waals surface area contributed by atoms with Crippen molar-refractivity contribution in [2.45, 2.75) is 6.42 Å². The van der Waals surface area contributed by atoms with E-state index in [-0.39, 0.29) is 11.4 Å². The molecule has 6 nitrogen and oxygen atoms in total. The maximum absolute atomic E-state index is 11.9. The predicted molar refractivity (Wildman–Crippen MR) is 64.2 cm³/mol. The molecule has 1 aliphatic heterocycles. The van der Waals surface area contributed by atoms with Crippen LogP contribution in [0.1, 0.15) is 6.42 Å². The fraction of sp³-hybridized carbons (Fsp3) is 0.400. The molecule has 1 aromatic carbocycles. The highest BCUT2D eigenvalue weighted by Crippen LogP contribution is 2.33. The summed E-state index contributed by atoms with van der Waals surface area (Å²) in [5.41, 5.74) is -0.000486. The summed E-state index contributed by atoms with van der Waals surface area (Å²) in [6, 6.07) is 4.34. The molecule has 0 unspecified atom stereocenters. The number of rotatable bonds is 3. The number of hydrogen-bond donors (Lipinski definition) is 0. The number of hydrogen-bond acceptors (Lipinski definition) is 5. The lowest BCUT2D eigenvalue weighted by Gasteiger charge is -2.17. The lowest BCUT2D eigenvalue weighted by Crippen LogP contribution is -2.23. The zero-order valence-corrected chi connectivity index (χ0v) is 10.1. The van der Waals surface area contributed by atoms with Crippen LogP contribution in [-0.2, 0) is 9.73 Å². The first-order valence-electron chi connectivity index (χ1n) is 5.09. The Labute approximate surface area is 98.9 Å². The van der Waals surface area contributed by atoms with Gasteiger partial charge in [0.1, 0.15) is 5.75 Å². The van der Waals surface area contributed by atoms with E-state index in [1.165, 1.54) is 19.2 Å². The van der Waals surface area contributed by atoms with Crippen LogP contribution in [0.3, 0.4) is 0 Å². The monoisotopic (exact) mass is 256 g/mol. The molecule has 0 aliphatic carbocycles. The molecule has 1 heterocycles. The first-order valence-corrected chi connectivity index (χ1v) is 6.94. The van der Waals surface area contributed by atoms with Gasteiger partial charge in [-0.05, 0) is 18.6 Å². The van der Waals surface area contributed by atoms with Gasteiger partial charge in [0.05, 0.1) is 27.8 Å². The van der Waals surface area contributed by atoms with E-state index in [9.17, 15) is 14.3 Å². The molecule has 0 radical (unpaired) electrons. The normalized spacial score (nSPS) is 17.0. The molecule has 1 fully saturated rings. The third-order valence-corrected chi connectivity index (χ3v) is 4.95. The molecule has 0 amide bonds. The maximum Gasteiger partial charge on any atom is 0.299 e. The Morgan fingerprint density at radius 2 is 2.18 bits per heavy atom. The van der Waals surface area contributed by atoms with Crippen molar-refractivity contribution in [3.8, 4) is 5.75 Å². The third kappa shape index (κ3) is 2.38. The summed E-state index contributed by atoms with van der Waals surface area (Å²) >= 11 is 0. The van der Waals surface area contributed by atoms with Crippen LogP contribution in [0.5, 0.6) is 5.75 Å². The van der Waals surface area contributed by atoms with Gasteiger partial charge >= 0.3 is 0 Å². The van der Waals surface area contributed by atoms with Crippen LogP contribution in [-0.4, -0.2) is 27.7 Å². The Bertz CT molecular complexity index is 566. The lowest BCUT2D eigenvalue weighted by atomic mass is 10.2. The van der Waals surface area contributed by atoms with Crippen LogP contribution in [0, 0.1) is 10.1 Å². The van der Waals surface area contributed by atoms with Gasteiger partial charge < -0.3 is 4.74 Å². The standard InChI is InChI=1S/C10H12N2O4S/c1-16-8-3-4-9(10(7-8)12(13)14)11-17(15)5-2-6-17/h3-4,7H,2,5-6H2,1H3. The highest BCUT2D eigenvalue weighted by atomic mass is 32.2. The minimum Gasteiger partial charge on any atom is -0.496 e. The molecule has 0 aromatic heterocycles. The number of nitro groups is 1. The molecular formula is C10H12N2O4S. The molecule has 1 aliphatic rings. The van der Waals surface area contributed by atoms with Gasteiger partial charge in [-0.15, -0.1) is 0 Å². The molecule has 0 spiro atoms. The Morgan fingerprint density at radius 3 is 2.65 bits per heavy atom. The fourth-order valence-corrected chi connectivity index (χ4v) is 2.99. The summed E-state index contributed by atoms with van der Waals surface area (Å²) < 4.78 is 20.9. The van der Waals surface area contributed by atoms with Crippen LogP contribution >= 0.6 is 0 Å². The average Bonchev–Trinajstić information content (AvgIpc) is 2.27. The van der Waals surface area contributed by atoms with Crippen molar-refractivity contribution >= 4 is 21.1 Å². The van der Waals surface area contributed by atoms with Gasteiger partial charge in [0.25, 0.3) is 5.69 Å². The lowest BCUT2D eigenvalue weighted by molar-refractivity contribution is -0.384. The van der Waals surface area contributed by atoms with Gasteiger partial charge in [-0.3, -0.25) is 10.1 Å². The quantitative estimate of drug-likeness (QED) is 0.612. The van der Waals surface area contributed by atoms with E-state index < -0.39 is 14.7 Å². The van der Waals surface area contributed by atoms with Crippen LogP contribution in [0.15, 0.2) is 22.6 Å². The molecule has 2 rings (SSSR count). The van der Waals surface area contributed by atoms with E-state index in [4.69, 9.17) is 4.74 Å². The molecule has 0 saturated carbocycles. The van der Waals surface area contributed by atoms with E-state index in [2.05, 4.69) is 4.36 Å². The molecule has 7 heteroatoms. The first kappa shape index (κ1) is 11.8. The van der Waals surface area contributed by atoms with E-state index in [1.807, 2.05) is 0 Å². The van der Waals surface area contributed by atoms with Crippen LogP contribution in [0.2, 0.25) is 0 Å². The summed E-state index contributed by atoms with van der Waals surface area (Å²) in [5, 5.41) is 10.9. The van der Waals surface area contributed by atoms with E-state index in [0.717, 1.165) is 6.42 Å². The Balaban J connectivity index is 2.50. The highest BCUT2D eigenvalue weighted by molar-refractivity contribution is 7.95. The second-order valence-electron chi connectivity index (χ2n) is 3.74. The molecule has 17 heavy (non-hydrogen) atoms. The maximum atomic E-state index is 11.9. The van der Waals surface area contributed by atoms with E-state index >= 15 is 0 Å². The van der Waals surface area contributed by atoms with E-state index in [0.29, 0.717) is 17.3 Å². The summed E-state index contributed by atoms with van der Waals surface area (Å²) in [6.45, 7) is 0. The number of methoxy groups -OCH3 is 1. The van der Waals surface area contributed by atoms with Crippen molar-refractivity contribution < 1.29 is 13.9 Å². The fourth-order valence-electron chi connectivity index (χ4n) is 1.52. The molecule has 0 bridgehead atoms. The zero-order valence-electron chi connectivity index (χ0n) is 9.29.